The summed E-state index contributed by atoms with van der Waals surface area (Å²) in [5.41, 5.74) is 2.11. The molecule has 0 saturated heterocycles. The van der Waals surface area contributed by atoms with Gasteiger partial charge in [-0.1, -0.05) is 40.2 Å². The summed E-state index contributed by atoms with van der Waals surface area (Å²) in [5, 5.41) is 2.73. The maximum Gasteiger partial charge on any atom is 0.248 e. The van der Waals surface area contributed by atoms with Crippen LogP contribution in [0.25, 0.3) is 6.08 Å². The van der Waals surface area contributed by atoms with Gasteiger partial charge < -0.3 is 5.32 Å². The molecular formula is C18H19BrN2O3S. The lowest BCUT2D eigenvalue weighted by Crippen LogP contribution is -2.22. The SMILES string of the molecule is Cc1ccc(S(=O)(=O)N(C)C)cc1NC(=O)/C=C/c1ccccc1Br. The Morgan fingerprint density at radius 3 is 2.48 bits per heavy atom. The standard InChI is InChI=1S/C18H19BrN2O3S/c1-13-8-10-15(25(23,24)21(2)3)12-17(13)20-18(22)11-9-14-6-4-5-7-16(14)19/h4-12H,1-3H3,(H,20,22)/b11-9+. The van der Waals surface area contributed by atoms with E-state index in [0.717, 1.165) is 19.9 Å². The normalized spacial score (nSPS) is 11.9. The molecule has 2 rings (SSSR count). The minimum atomic E-state index is -3.56. The predicted octanol–water partition coefficient (Wildman–Crippen LogP) is 3.66. The number of nitrogens with zero attached hydrogens (tertiary/aromatic N) is 1. The first-order chi connectivity index (χ1) is 11.7. The Hall–Kier alpha value is -1.96. The molecular weight excluding hydrogens is 404 g/mol. The number of nitrogens with one attached hydrogen (secondary N) is 1. The number of benzene rings is 2. The van der Waals surface area contributed by atoms with E-state index < -0.39 is 10.0 Å². The summed E-state index contributed by atoms with van der Waals surface area (Å²) in [6, 6.07) is 12.2. The van der Waals surface area contributed by atoms with Crippen molar-refractivity contribution in [1.29, 1.82) is 0 Å². The summed E-state index contributed by atoms with van der Waals surface area (Å²) in [4.78, 5) is 12.3. The fourth-order valence-corrected chi connectivity index (χ4v) is 3.40. The fraction of sp³-hybridized carbons (Fsp3) is 0.167. The zero-order valence-electron chi connectivity index (χ0n) is 14.2. The van der Waals surface area contributed by atoms with Crippen LogP contribution in [0.3, 0.4) is 0 Å². The van der Waals surface area contributed by atoms with Gasteiger partial charge in [0.1, 0.15) is 0 Å². The molecule has 2 aromatic rings. The molecule has 0 radical (unpaired) electrons. The number of halogens is 1. The second-order valence-electron chi connectivity index (χ2n) is 5.61. The Balaban J connectivity index is 2.22. The minimum absolute atomic E-state index is 0.133. The van der Waals surface area contributed by atoms with Crippen molar-refractivity contribution in [2.24, 2.45) is 0 Å². The number of sulfonamides is 1. The number of amides is 1. The second-order valence-corrected chi connectivity index (χ2v) is 8.61. The molecule has 0 aromatic heterocycles. The molecule has 0 saturated carbocycles. The van der Waals surface area contributed by atoms with Crippen LogP contribution in [-0.2, 0) is 14.8 Å². The first kappa shape index (κ1) is 19.4. The van der Waals surface area contributed by atoms with Gasteiger partial charge in [0.15, 0.2) is 0 Å². The molecule has 0 spiro atoms. The summed E-state index contributed by atoms with van der Waals surface area (Å²) in [6.07, 6.45) is 3.10. The molecule has 1 N–H and O–H groups in total. The molecule has 7 heteroatoms. The molecule has 0 aliphatic carbocycles. The van der Waals surface area contributed by atoms with Crippen LogP contribution in [-0.4, -0.2) is 32.7 Å². The average molecular weight is 423 g/mol. The van der Waals surface area contributed by atoms with Crippen molar-refractivity contribution in [3.8, 4) is 0 Å². The van der Waals surface area contributed by atoms with Gasteiger partial charge in [0.05, 0.1) is 4.90 Å². The zero-order chi connectivity index (χ0) is 18.6. The molecule has 0 bridgehead atoms. The van der Waals surface area contributed by atoms with Crippen LogP contribution < -0.4 is 5.32 Å². The highest BCUT2D eigenvalue weighted by atomic mass is 79.9. The summed E-state index contributed by atoms with van der Waals surface area (Å²) >= 11 is 3.42. The predicted molar refractivity (Wildman–Crippen MR) is 104 cm³/mol. The molecule has 0 aliphatic heterocycles. The van der Waals surface area contributed by atoms with E-state index in [9.17, 15) is 13.2 Å². The third kappa shape index (κ3) is 4.78. The van der Waals surface area contributed by atoms with Crippen LogP contribution in [0.2, 0.25) is 0 Å². The first-order valence-corrected chi connectivity index (χ1v) is 9.72. The van der Waals surface area contributed by atoms with Gasteiger partial charge in [-0.3, -0.25) is 4.79 Å². The lowest BCUT2D eigenvalue weighted by Gasteiger charge is -2.14. The van der Waals surface area contributed by atoms with Gasteiger partial charge in [-0.05, 0) is 42.3 Å². The summed E-state index contributed by atoms with van der Waals surface area (Å²) in [7, 11) is -0.623. The van der Waals surface area contributed by atoms with Gasteiger partial charge >= 0.3 is 0 Å². The third-order valence-corrected chi connectivity index (χ3v) is 6.10. The molecule has 0 heterocycles. The van der Waals surface area contributed by atoms with Crippen LogP contribution in [0.5, 0.6) is 0 Å². The van der Waals surface area contributed by atoms with Gasteiger partial charge in [0.25, 0.3) is 0 Å². The Morgan fingerprint density at radius 1 is 1.16 bits per heavy atom. The van der Waals surface area contributed by atoms with Crippen molar-refractivity contribution in [3.63, 3.8) is 0 Å². The third-order valence-electron chi connectivity index (χ3n) is 3.56. The number of hydrogen-bond donors (Lipinski definition) is 1. The van der Waals surface area contributed by atoms with Crippen molar-refractivity contribution in [2.45, 2.75) is 11.8 Å². The first-order valence-electron chi connectivity index (χ1n) is 7.48. The zero-order valence-corrected chi connectivity index (χ0v) is 16.6. The monoisotopic (exact) mass is 422 g/mol. The number of aryl methyl sites for hydroxylation is 1. The van der Waals surface area contributed by atoms with Crippen molar-refractivity contribution >= 4 is 43.6 Å². The van der Waals surface area contributed by atoms with Gasteiger partial charge in [0, 0.05) is 30.3 Å². The van der Waals surface area contributed by atoms with Crippen molar-refractivity contribution in [1.82, 2.24) is 4.31 Å². The number of carbonyl (C=O) groups is 1. The summed E-state index contributed by atoms with van der Waals surface area (Å²) < 4.78 is 26.5. The van der Waals surface area contributed by atoms with Crippen LogP contribution >= 0.6 is 15.9 Å². The minimum Gasteiger partial charge on any atom is -0.322 e. The van der Waals surface area contributed by atoms with Gasteiger partial charge in [0.2, 0.25) is 15.9 Å². The van der Waals surface area contributed by atoms with Crippen molar-refractivity contribution in [2.75, 3.05) is 19.4 Å². The van der Waals surface area contributed by atoms with E-state index in [4.69, 9.17) is 0 Å². The van der Waals surface area contributed by atoms with Gasteiger partial charge in [-0.25, -0.2) is 12.7 Å². The molecule has 1 amide bonds. The molecule has 0 atom stereocenters. The Labute approximate surface area is 156 Å². The molecule has 0 unspecified atom stereocenters. The molecule has 0 fully saturated rings. The van der Waals surface area contributed by atoms with Crippen molar-refractivity contribution in [3.05, 3.63) is 64.1 Å². The van der Waals surface area contributed by atoms with Crippen LogP contribution in [0.1, 0.15) is 11.1 Å². The Morgan fingerprint density at radius 2 is 1.84 bits per heavy atom. The van der Waals surface area contributed by atoms with Crippen LogP contribution in [0, 0.1) is 6.92 Å². The topological polar surface area (TPSA) is 66.5 Å². The quantitative estimate of drug-likeness (QED) is 0.747. The lowest BCUT2D eigenvalue weighted by molar-refractivity contribution is -0.111. The van der Waals surface area contributed by atoms with E-state index in [1.54, 1.807) is 19.1 Å². The summed E-state index contributed by atoms with van der Waals surface area (Å²) in [6.45, 7) is 1.80. The smallest absolute Gasteiger partial charge is 0.248 e. The molecule has 0 aliphatic rings. The van der Waals surface area contributed by atoms with E-state index in [0.29, 0.717) is 5.69 Å². The molecule has 5 nitrogen and oxygen atoms in total. The highest BCUT2D eigenvalue weighted by Gasteiger charge is 2.18. The molecule has 132 valence electrons. The van der Waals surface area contributed by atoms with E-state index in [1.807, 2.05) is 24.3 Å². The highest BCUT2D eigenvalue weighted by molar-refractivity contribution is 9.10. The second kappa shape index (κ2) is 7.95. The van der Waals surface area contributed by atoms with Gasteiger partial charge in [-0.15, -0.1) is 0 Å². The van der Waals surface area contributed by atoms with E-state index in [2.05, 4.69) is 21.2 Å². The number of rotatable bonds is 5. The van der Waals surface area contributed by atoms with E-state index in [1.165, 1.54) is 32.3 Å². The maximum absolute atomic E-state index is 12.2. The summed E-state index contributed by atoms with van der Waals surface area (Å²) in [5.74, 6) is -0.335. The van der Waals surface area contributed by atoms with Crippen LogP contribution in [0.15, 0.2) is 57.9 Å². The van der Waals surface area contributed by atoms with Crippen molar-refractivity contribution < 1.29 is 13.2 Å². The Bertz CT molecular complexity index is 922. The lowest BCUT2D eigenvalue weighted by atomic mass is 10.2. The van der Waals surface area contributed by atoms with E-state index >= 15 is 0 Å². The maximum atomic E-state index is 12.2. The number of anilines is 1. The average Bonchev–Trinajstić information content (AvgIpc) is 2.55. The molecule has 25 heavy (non-hydrogen) atoms. The van der Waals surface area contributed by atoms with Gasteiger partial charge in [-0.2, -0.15) is 0 Å². The fourth-order valence-electron chi connectivity index (χ4n) is 2.06. The number of hydrogen-bond acceptors (Lipinski definition) is 3. The largest absolute Gasteiger partial charge is 0.322 e. The van der Waals surface area contributed by atoms with Crippen LogP contribution in [0.4, 0.5) is 5.69 Å². The number of carbonyl (C=O) groups excluding carboxylic acids is 1. The van der Waals surface area contributed by atoms with E-state index in [-0.39, 0.29) is 10.8 Å². The highest BCUT2D eigenvalue weighted by Crippen LogP contribution is 2.22. The Kier molecular flexibility index (Phi) is 6.16. The molecule has 2 aromatic carbocycles.